The van der Waals surface area contributed by atoms with Crippen LogP contribution in [0, 0.1) is 0 Å². The summed E-state index contributed by atoms with van der Waals surface area (Å²) in [6.45, 7) is 3.57. The maximum atomic E-state index is 4.11. The van der Waals surface area contributed by atoms with Gasteiger partial charge in [0.15, 0.2) is 0 Å². The molecule has 8 nitrogen and oxygen atoms in total. The van der Waals surface area contributed by atoms with Gasteiger partial charge in [-0.25, -0.2) is 9.97 Å². The number of rotatable bonds is 2. The summed E-state index contributed by atoms with van der Waals surface area (Å²) in [5, 5.41) is 12.5. The molecule has 0 bridgehead atoms. The van der Waals surface area contributed by atoms with Crippen molar-refractivity contribution in [2.24, 2.45) is 0 Å². The fourth-order valence-corrected chi connectivity index (χ4v) is 1.79. The lowest BCUT2D eigenvalue weighted by Crippen LogP contribution is -2.55. The van der Waals surface area contributed by atoms with E-state index in [4.69, 9.17) is 0 Å². The lowest BCUT2D eigenvalue weighted by atomic mass is 10.4. The van der Waals surface area contributed by atoms with Crippen molar-refractivity contribution in [2.75, 3.05) is 36.2 Å². The maximum absolute atomic E-state index is 4.11. The minimum absolute atomic E-state index is 0.892. The van der Waals surface area contributed by atoms with Crippen LogP contribution in [0.1, 0.15) is 0 Å². The summed E-state index contributed by atoms with van der Waals surface area (Å²) >= 11 is 0. The number of hydrogen-bond acceptors (Lipinski definition) is 6. The first-order valence-corrected chi connectivity index (χ1v) is 5.13. The number of piperazine rings is 1. The van der Waals surface area contributed by atoms with E-state index in [9.17, 15) is 0 Å². The van der Waals surface area contributed by atoms with Gasteiger partial charge < -0.3 is 0 Å². The maximum Gasteiger partial charge on any atom is 0.139 e. The Morgan fingerprint density at radius 3 is 1.44 bits per heavy atom. The largest absolute Gasteiger partial charge is 0.292 e. The highest BCUT2D eigenvalue weighted by Crippen LogP contribution is 1.98. The molecule has 3 heterocycles. The van der Waals surface area contributed by atoms with Crippen LogP contribution in [0.3, 0.4) is 0 Å². The van der Waals surface area contributed by atoms with Crippen molar-refractivity contribution in [2.45, 2.75) is 0 Å². The van der Waals surface area contributed by atoms with Crippen molar-refractivity contribution in [3.8, 4) is 0 Å². The molecule has 16 heavy (non-hydrogen) atoms. The fourth-order valence-electron chi connectivity index (χ4n) is 1.79. The van der Waals surface area contributed by atoms with Crippen LogP contribution >= 0.6 is 0 Å². The molecule has 0 amide bonds. The van der Waals surface area contributed by atoms with Gasteiger partial charge in [-0.05, 0) is 0 Å². The zero-order valence-electron chi connectivity index (χ0n) is 8.72. The summed E-state index contributed by atoms with van der Waals surface area (Å²) in [6.07, 6.45) is 6.52. The van der Waals surface area contributed by atoms with E-state index in [0.717, 1.165) is 26.2 Å². The van der Waals surface area contributed by atoms with Crippen molar-refractivity contribution in [1.29, 1.82) is 0 Å². The number of nitrogens with zero attached hydrogens (tertiary/aromatic N) is 8. The third kappa shape index (κ3) is 1.58. The third-order valence-electron chi connectivity index (χ3n) is 2.63. The van der Waals surface area contributed by atoms with Gasteiger partial charge in [0.25, 0.3) is 0 Å². The molecule has 1 aliphatic heterocycles. The van der Waals surface area contributed by atoms with Crippen molar-refractivity contribution >= 4 is 0 Å². The summed E-state index contributed by atoms with van der Waals surface area (Å²) in [4.78, 5) is 11.4. The molecular weight excluding hydrogens is 208 g/mol. The highest BCUT2D eigenvalue weighted by atomic mass is 15.7. The Kier molecular flexibility index (Phi) is 2.17. The second-order valence-electron chi connectivity index (χ2n) is 3.54. The lowest BCUT2D eigenvalue weighted by Gasteiger charge is -2.35. The van der Waals surface area contributed by atoms with Gasteiger partial charge in [-0.2, -0.15) is 9.58 Å². The van der Waals surface area contributed by atoms with E-state index in [-0.39, 0.29) is 0 Å². The van der Waals surface area contributed by atoms with Crippen LogP contribution in [0.4, 0.5) is 0 Å². The Morgan fingerprint density at radius 2 is 1.12 bits per heavy atom. The van der Waals surface area contributed by atoms with Crippen LogP contribution in [-0.4, -0.2) is 55.9 Å². The monoisotopic (exact) mass is 220 g/mol. The molecule has 1 fully saturated rings. The SMILES string of the molecule is c1ncn(N2CCN(n3cncn3)CC2)n1. The molecule has 84 valence electrons. The Balaban J connectivity index is 1.64. The van der Waals surface area contributed by atoms with Crippen LogP contribution in [0.15, 0.2) is 25.3 Å². The Bertz CT molecular complexity index is 371. The molecule has 2 aromatic rings. The quantitative estimate of drug-likeness (QED) is 0.611. The predicted molar refractivity (Wildman–Crippen MR) is 55.9 cm³/mol. The van der Waals surface area contributed by atoms with Crippen LogP contribution in [-0.2, 0) is 0 Å². The molecule has 0 spiro atoms. The van der Waals surface area contributed by atoms with Gasteiger partial charge in [0.2, 0.25) is 0 Å². The highest BCUT2D eigenvalue weighted by molar-refractivity contribution is 4.98. The zero-order chi connectivity index (χ0) is 10.8. The summed E-state index contributed by atoms with van der Waals surface area (Å²) < 4.78 is 0. The molecule has 3 rings (SSSR count). The number of hydrogen-bond donors (Lipinski definition) is 0. The van der Waals surface area contributed by atoms with Gasteiger partial charge in [-0.1, -0.05) is 0 Å². The molecule has 0 unspecified atom stereocenters. The average molecular weight is 220 g/mol. The first-order valence-electron chi connectivity index (χ1n) is 5.13. The molecule has 0 aliphatic carbocycles. The minimum atomic E-state index is 0.892. The van der Waals surface area contributed by atoms with E-state index < -0.39 is 0 Å². The van der Waals surface area contributed by atoms with E-state index in [0.29, 0.717) is 0 Å². The van der Waals surface area contributed by atoms with Crippen LogP contribution in [0.2, 0.25) is 0 Å². The van der Waals surface area contributed by atoms with Crippen molar-refractivity contribution in [1.82, 2.24) is 29.7 Å². The first kappa shape index (κ1) is 9.13. The van der Waals surface area contributed by atoms with Crippen LogP contribution < -0.4 is 10.0 Å². The molecule has 0 N–H and O–H groups in total. The Labute approximate surface area is 92.1 Å². The van der Waals surface area contributed by atoms with Crippen molar-refractivity contribution in [3.05, 3.63) is 25.3 Å². The van der Waals surface area contributed by atoms with E-state index in [1.807, 2.05) is 0 Å². The number of aromatic nitrogens is 6. The molecule has 0 aromatic carbocycles. The van der Waals surface area contributed by atoms with Gasteiger partial charge in [0, 0.05) is 0 Å². The average Bonchev–Trinajstić information content (AvgIpc) is 3.03. The molecular formula is C8H12N8. The molecule has 0 radical (unpaired) electrons. The molecule has 1 saturated heterocycles. The summed E-state index contributed by atoms with van der Waals surface area (Å²) in [5.41, 5.74) is 0. The summed E-state index contributed by atoms with van der Waals surface area (Å²) in [6, 6.07) is 0. The summed E-state index contributed by atoms with van der Waals surface area (Å²) in [5.74, 6) is 0. The van der Waals surface area contributed by atoms with Gasteiger partial charge in [-0.15, -0.1) is 10.2 Å². The minimum Gasteiger partial charge on any atom is -0.292 e. The molecule has 0 saturated carbocycles. The van der Waals surface area contributed by atoms with Crippen LogP contribution in [0.5, 0.6) is 0 Å². The second-order valence-corrected chi connectivity index (χ2v) is 3.54. The van der Waals surface area contributed by atoms with Crippen molar-refractivity contribution < 1.29 is 0 Å². The van der Waals surface area contributed by atoms with Gasteiger partial charge in [-0.3, -0.25) is 10.0 Å². The van der Waals surface area contributed by atoms with E-state index in [2.05, 4.69) is 30.2 Å². The molecule has 8 heteroatoms. The normalized spacial score (nSPS) is 16.8. The fraction of sp³-hybridized carbons (Fsp3) is 0.500. The molecule has 1 aliphatic rings. The van der Waals surface area contributed by atoms with E-state index >= 15 is 0 Å². The van der Waals surface area contributed by atoms with E-state index in [1.165, 1.54) is 0 Å². The predicted octanol–water partition coefficient (Wildman–Crippen LogP) is -1.54. The standard InChI is InChI=1S/C8H12N8/c1-2-14(16-8-10-6-12-16)4-3-13(1)15-7-9-5-11-15/h5-8H,1-4H2. The van der Waals surface area contributed by atoms with Gasteiger partial charge in [0.05, 0.1) is 26.2 Å². The molecule has 2 aromatic heterocycles. The topological polar surface area (TPSA) is 67.9 Å². The molecule has 0 atom stereocenters. The lowest BCUT2D eigenvalue weighted by molar-refractivity contribution is 0.422. The Hall–Kier alpha value is -2.12. The smallest absolute Gasteiger partial charge is 0.139 e. The van der Waals surface area contributed by atoms with Crippen molar-refractivity contribution in [3.63, 3.8) is 0 Å². The van der Waals surface area contributed by atoms with Gasteiger partial charge in [0.1, 0.15) is 25.3 Å². The second kappa shape index (κ2) is 3.80. The first-order chi connectivity index (χ1) is 7.93. The Morgan fingerprint density at radius 1 is 0.688 bits per heavy atom. The van der Waals surface area contributed by atoms with E-state index in [1.54, 1.807) is 34.9 Å². The van der Waals surface area contributed by atoms with Crippen LogP contribution in [0.25, 0.3) is 0 Å². The zero-order valence-corrected chi connectivity index (χ0v) is 8.72. The highest BCUT2D eigenvalue weighted by Gasteiger charge is 2.17. The van der Waals surface area contributed by atoms with Gasteiger partial charge >= 0.3 is 0 Å². The third-order valence-corrected chi connectivity index (χ3v) is 2.63. The summed E-state index contributed by atoms with van der Waals surface area (Å²) in [7, 11) is 0.